The zero-order valence-corrected chi connectivity index (χ0v) is 14.5. The molecule has 1 unspecified atom stereocenters. The number of rotatable bonds is 5. The molecule has 0 aromatic heterocycles. The van der Waals surface area contributed by atoms with Crippen molar-refractivity contribution in [1.29, 1.82) is 0 Å². The second-order valence-electron chi connectivity index (χ2n) is 4.97. The highest BCUT2D eigenvalue weighted by Gasteiger charge is 2.14. The molecule has 1 N–H and O–H groups in total. The molecule has 0 aliphatic heterocycles. The minimum atomic E-state index is -0.235. The molecular formula is C17H17Cl2NO3. The molecule has 4 nitrogen and oxygen atoms in total. The maximum atomic E-state index is 12.4. The van der Waals surface area contributed by atoms with Crippen LogP contribution in [-0.4, -0.2) is 20.1 Å². The van der Waals surface area contributed by atoms with Crippen LogP contribution in [0.25, 0.3) is 0 Å². The first-order chi connectivity index (χ1) is 10.9. The normalized spacial score (nSPS) is 11.7. The van der Waals surface area contributed by atoms with Gasteiger partial charge in [0.1, 0.15) is 11.5 Å². The van der Waals surface area contributed by atoms with Crippen LogP contribution in [-0.2, 0) is 0 Å². The fourth-order valence-electron chi connectivity index (χ4n) is 2.08. The lowest BCUT2D eigenvalue weighted by atomic mass is 10.1. The van der Waals surface area contributed by atoms with E-state index in [2.05, 4.69) is 5.32 Å². The molecule has 0 saturated heterocycles. The average molecular weight is 354 g/mol. The second kappa shape index (κ2) is 7.57. The SMILES string of the molecule is COc1cc(OC)cc(C(=O)NC(C)c2ccc(Cl)c(Cl)c2)c1. The molecule has 2 rings (SSSR count). The lowest BCUT2D eigenvalue weighted by molar-refractivity contribution is 0.0939. The second-order valence-corrected chi connectivity index (χ2v) is 5.78. The van der Waals surface area contributed by atoms with Gasteiger partial charge in [0.2, 0.25) is 0 Å². The van der Waals surface area contributed by atoms with Crippen LogP contribution in [0.15, 0.2) is 36.4 Å². The van der Waals surface area contributed by atoms with Crippen LogP contribution in [0, 0.1) is 0 Å². The average Bonchev–Trinajstić information content (AvgIpc) is 2.56. The Morgan fingerprint density at radius 3 is 2.13 bits per heavy atom. The number of methoxy groups -OCH3 is 2. The summed E-state index contributed by atoms with van der Waals surface area (Å²) in [6.45, 7) is 1.87. The number of hydrogen-bond donors (Lipinski definition) is 1. The maximum Gasteiger partial charge on any atom is 0.252 e. The summed E-state index contributed by atoms with van der Waals surface area (Å²) in [5.74, 6) is 0.870. The minimum absolute atomic E-state index is 0.227. The summed E-state index contributed by atoms with van der Waals surface area (Å²) < 4.78 is 10.3. The highest BCUT2D eigenvalue weighted by atomic mass is 35.5. The zero-order valence-electron chi connectivity index (χ0n) is 13.0. The van der Waals surface area contributed by atoms with Gasteiger partial charge in [-0.2, -0.15) is 0 Å². The van der Waals surface area contributed by atoms with E-state index in [1.54, 1.807) is 30.3 Å². The number of nitrogens with one attached hydrogen (secondary N) is 1. The molecule has 0 bridgehead atoms. The molecule has 2 aromatic rings. The first kappa shape index (κ1) is 17.4. The van der Waals surface area contributed by atoms with E-state index < -0.39 is 0 Å². The van der Waals surface area contributed by atoms with E-state index >= 15 is 0 Å². The first-order valence-corrected chi connectivity index (χ1v) is 7.69. The Kier molecular flexibility index (Phi) is 5.74. The van der Waals surface area contributed by atoms with Crippen molar-refractivity contribution >= 4 is 29.1 Å². The van der Waals surface area contributed by atoms with Crippen LogP contribution < -0.4 is 14.8 Å². The summed E-state index contributed by atoms with van der Waals surface area (Å²) in [5, 5.41) is 3.84. The Balaban J connectivity index is 2.19. The van der Waals surface area contributed by atoms with Crippen LogP contribution in [0.3, 0.4) is 0 Å². The molecule has 1 atom stereocenters. The van der Waals surface area contributed by atoms with Gasteiger partial charge >= 0.3 is 0 Å². The van der Waals surface area contributed by atoms with Gasteiger partial charge in [-0.3, -0.25) is 4.79 Å². The van der Waals surface area contributed by atoms with Crippen LogP contribution in [0.2, 0.25) is 10.0 Å². The van der Waals surface area contributed by atoms with Crippen molar-refractivity contribution in [2.75, 3.05) is 14.2 Å². The van der Waals surface area contributed by atoms with Gasteiger partial charge in [-0.15, -0.1) is 0 Å². The lowest BCUT2D eigenvalue weighted by Crippen LogP contribution is -2.26. The fourth-order valence-corrected chi connectivity index (χ4v) is 2.39. The molecule has 0 aliphatic rings. The molecule has 0 spiro atoms. The van der Waals surface area contributed by atoms with Crippen molar-refractivity contribution in [3.63, 3.8) is 0 Å². The van der Waals surface area contributed by atoms with E-state index in [4.69, 9.17) is 32.7 Å². The highest BCUT2D eigenvalue weighted by Crippen LogP contribution is 2.26. The van der Waals surface area contributed by atoms with Gasteiger partial charge in [0, 0.05) is 11.6 Å². The predicted molar refractivity (Wildman–Crippen MR) is 91.9 cm³/mol. The third-order valence-corrected chi connectivity index (χ3v) is 4.14. The first-order valence-electron chi connectivity index (χ1n) is 6.93. The van der Waals surface area contributed by atoms with Gasteiger partial charge in [-0.25, -0.2) is 0 Å². The van der Waals surface area contributed by atoms with E-state index in [0.29, 0.717) is 27.1 Å². The summed E-state index contributed by atoms with van der Waals surface area (Å²) in [5.41, 5.74) is 1.32. The standard InChI is InChI=1S/C17H17Cl2NO3/c1-10(11-4-5-15(18)16(19)8-11)20-17(21)12-6-13(22-2)9-14(7-12)23-3/h4-10H,1-3H3,(H,20,21). The molecule has 0 radical (unpaired) electrons. The zero-order chi connectivity index (χ0) is 17.0. The Bertz CT molecular complexity index is 697. The topological polar surface area (TPSA) is 47.6 Å². The van der Waals surface area contributed by atoms with Crippen LogP contribution in [0.1, 0.15) is 28.9 Å². The molecule has 6 heteroatoms. The summed E-state index contributed by atoms with van der Waals surface area (Å²) in [4.78, 5) is 12.4. The lowest BCUT2D eigenvalue weighted by Gasteiger charge is -2.16. The Labute approximate surface area is 145 Å². The monoisotopic (exact) mass is 353 g/mol. The van der Waals surface area contributed by atoms with E-state index in [1.807, 2.05) is 13.0 Å². The number of ether oxygens (including phenoxy) is 2. The predicted octanol–water partition coefficient (Wildman–Crippen LogP) is 4.50. The number of carbonyl (C=O) groups excluding carboxylic acids is 1. The molecule has 2 aromatic carbocycles. The van der Waals surface area contributed by atoms with Gasteiger partial charge in [0.15, 0.2) is 0 Å². The molecule has 23 heavy (non-hydrogen) atoms. The van der Waals surface area contributed by atoms with Crippen LogP contribution in [0.5, 0.6) is 11.5 Å². The van der Waals surface area contributed by atoms with Crippen molar-refractivity contribution < 1.29 is 14.3 Å². The maximum absolute atomic E-state index is 12.4. The molecule has 122 valence electrons. The minimum Gasteiger partial charge on any atom is -0.497 e. The number of benzene rings is 2. The molecule has 1 amide bonds. The van der Waals surface area contributed by atoms with Gasteiger partial charge < -0.3 is 14.8 Å². The van der Waals surface area contributed by atoms with E-state index in [-0.39, 0.29) is 11.9 Å². The molecule has 0 fully saturated rings. The van der Waals surface area contributed by atoms with Crippen molar-refractivity contribution in [1.82, 2.24) is 5.32 Å². The Morgan fingerprint density at radius 1 is 1.00 bits per heavy atom. The molecule has 0 heterocycles. The van der Waals surface area contributed by atoms with E-state index in [1.165, 1.54) is 14.2 Å². The third-order valence-electron chi connectivity index (χ3n) is 3.40. The van der Waals surface area contributed by atoms with Crippen molar-refractivity contribution in [3.05, 3.63) is 57.6 Å². The summed E-state index contributed by atoms with van der Waals surface area (Å²) in [7, 11) is 3.07. The molecule has 0 saturated carbocycles. The van der Waals surface area contributed by atoms with Gasteiger partial charge in [0.05, 0.1) is 30.3 Å². The molecular weight excluding hydrogens is 337 g/mol. The third kappa shape index (κ3) is 4.30. The quantitative estimate of drug-likeness (QED) is 0.860. The van der Waals surface area contributed by atoms with Crippen LogP contribution >= 0.6 is 23.2 Å². The summed E-state index contributed by atoms with van der Waals surface area (Å²) in [6, 6.07) is 10.1. The number of carbonyl (C=O) groups is 1. The fraction of sp³-hybridized carbons (Fsp3) is 0.235. The van der Waals surface area contributed by atoms with Crippen LogP contribution in [0.4, 0.5) is 0 Å². The van der Waals surface area contributed by atoms with Gasteiger partial charge in [-0.05, 0) is 36.8 Å². The van der Waals surface area contributed by atoms with Gasteiger partial charge in [0.25, 0.3) is 5.91 Å². The number of halogens is 2. The van der Waals surface area contributed by atoms with Crippen molar-refractivity contribution in [2.45, 2.75) is 13.0 Å². The molecule has 0 aliphatic carbocycles. The summed E-state index contributed by atoms with van der Waals surface area (Å²) in [6.07, 6.45) is 0. The van der Waals surface area contributed by atoms with Crippen molar-refractivity contribution in [3.8, 4) is 11.5 Å². The van der Waals surface area contributed by atoms with E-state index in [0.717, 1.165) is 5.56 Å². The largest absolute Gasteiger partial charge is 0.497 e. The number of hydrogen-bond acceptors (Lipinski definition) is 3. The Morgan fingerprint density at radius 2 is 1.61 bits per heavy atom. The Hall–Kier alpha value is -1.91. The number of amides is 1. The van der Waals surface area contributed by atoms with Crippen molar-refractivity contribution in [2.24, 2.45) is 0 Å². The highest BCUT2D eigenvalue weighted by molar-refractivity contribution is 6.42. The smallest absolute Gasteiger partial charge is 0.252 e. The van der Waals surface area contributed by atoms with E-state index in [9.17, 15) is 4.79 Å². The van der Waals surface area contributed by atoms with Gasteiger partial charge in [-0.1, -0.05) is 29.3 Å². The summed E-state index contributed by atoms with van der Waals surface area (Å²) >= 11 is 11.9.